The molecule has 0 unspecified atom stereocenters. The van der Waals surface area contributed by atoms with Gasteiger partial charge in [0.15, 0.2) is 5.65 Å². The lowest BCUT2D eigenvalue weighted by Crippen LogP contribution is -2.24. The van der Waals surface area contributed by atoms with Gasteiger partial charge in [0.2, 0.25) is 0 Å². The van der Waals surface area contributed by atoms with Crippen molar-refractivity contribution in [2.75, 3.05) is 6.54 Å². The number of rotatable bonds is 6. The molecule has 0 bridgehead atoms. The molecule has 0 aliphatic heterocycles. The zero-order chi connectivity index (χ0) is 20.3. The largest absolute Gasteiger partial charge is 0.416 e. The Balaban J connectivity index is 2.03. The normalized spacial score (nSPS) is 11.8. The number of aryl methyl sites for hydroxylation is 1. The lowest BCUT2D eigenvalue weighted by Gasteiger charge is -2.11. The van der Waals surface area contributed by atoms with Crippen LogP contribution in [-0.4, -0.2) is 27.2 Å². The third-order valence-electron chi connectivity index (χ3n) is 4.50. The second-order valence-electron chi connectivity index (χ2n) is 6.60. The molecular weight excluding hydrogens is 369 g/mol. The second kappa shape index (κ2) is 8.00. The van der Waals surface area contributed by atoms with Crippen molar-refractivity contribution in [3.05, 3.63) is 47.7 Å². The fourth-order valence-electron chi connectivity index (χ4n) is 2.98. The van der Waals surface area contributed by atoms with Crippen LogP contribution in [0.5, 0.6) is 0 Å². The van der Waals surface area contributed by atoms with Crippen molar-refractivity contribution in [1.29, 1.82) is 0 Å². The summed E-state index contributed by atoms with van der Waals surface area (Å²) in [5.41, 5.74) is 0.608. The molecule has 0 aliphatic carbocycles. The molecule has 0 fully saturated rings. The number of unbranched alkanes of at least 4 members (excludes halogenated alkanes) is 2. The highest BCUT2D eigenvalue weighted by molar-refractivity contribution is 6.06. The van der Waals surface area contributed by atoms with Crippen LogP contribution in [0.15, 0.2) is 36.5 Å². The molecule has 0 radical (unpaired) electrons. The molecule has 0 atom stereocenters. The Bertz CT molecular complexity index is 995. The Morgan fingerprint density at radius 3 is 2.71 bits per heavy atom. The standard InChI is InChI=1S/C20H21F3N4O/c1-3-4-5-9-24-19(28)15-11-17(26-18-16(15)12-25-27(18)2)13-7-6-8-14(10-13)20(21,22)23/h6-8,10-12H,3-5,9H2,1-2H3,(H,24,28). The van der Waals surface area contributed by atoms with Gasteiger partial charge in [0, 0.05) is 19.2 Å². The fraction of sp³-hybridized carbons (Fsp3) is 0.350. The quantitative estimate of drug-likeness (QED) is 0.627. The number of carbonyl (C=O) groups is 1. The first kappa shape index (κ1) is 19.9. The lowest BCUT2D eigenvalue weighted by molar-refractivity contribution is -0.137. The van der Waals surface area contributed by atoms with E-state index in [4.69, 9.17) is 0 Å². The molecule has 0 saturated carbocycles. The van der Waals surface area contributed by atoms with Gasteiger partial charge in [-0.3, -0.25) is 9.48 Å². The number of alkyl halides is 3. The first-order valence-corrected chi connectivity index (χ1v) is 9.10. The van der Waals surface area contributed by atoms with Crippen molar-refractivity contribution in [2.24, 2.45) is 7.05 Å². The third kappa shape index (κ3) is 4.16. The second-order valence-corrected chi connectivity index (χ2v) is 6.60. The van der Waals surface area contributed by atoms with Gasteiger partial charge >= 0.3 is 6.18 Å². The number of nitrogens with one attached hydrogen (secondary N) is 1. The number of aromatic nitrogens is 3. The van der Waals surface area contributed by atoms with Crippen molar-refractivity contribution in [3.63, 3.8) is 0 Å². The average Bonchev–Trinajstić information content (AvgIpc) is 3.05. The summed E-state index contributed by atoms with van der Waals surface area (Å²) in [5, 5.41) is 7.56. The Kier molecular flexibility index (Phi) is 5.67. The van der Waals surface area contributed by atoms with Crippen molar-refractivity contribution in [2.45, 2.75) is 32.4 Å². The van der Waals surface area contributed by atoms with Crippen LogP contribution >= 0.6 is 0 Å². The number of amides is 1. The first-order chi connectivity index (χ1) is 13.3. The minimum absolute atomic E-state index is 0.287. The maximum absolute atomic E-state index is 13.1. The SMILES string of the molecule is CCCCCNC(=O)c1cc(-c2cccc(C(F)(F)F)c2)nc2c1cnn2C. The summed E-state index contributed by atoms with van der Waals surface area (Å²) >= 11 is 0. The number of halogens is 3. The van der Waals surface area contributed by atoms with Gasteiger partial charge in [-0.25, -0.2) is 4.98 Å². The van der Waals surface area contributed by atoms with Crippen LogP contribution in [0.2, 0.25) is 0 Å². The number of pyridine rings is 1. The molecule has 3 aromatic rings. The number of carbonyl (C=O) groups excluding carboxylic acids is 1. The van der Waals surface area contributed by atoms with Crippen molar-refractivity contribution in [3.8, 4) is 11.3 Å². The molecule has 3 rings (SSSR count). The number of fused-ring (bicyclic) bond motifs is 1. The molecule has 2 heterocycles. The van der Waals surface area contributed by atoms with E-state index in [-0.39, 0.29) is 11.5 Å². The summed E-state index contributed by atoms with van der Waals surface area (Å²) in [4.78, 5) is 17.1. The predicted molar refractivity (Wildman–Crippen MR) is 101 cm³/mol. The van der Waals surface area contributed by atoms with Gasteiger partial charge in [0.1, 0.15) is 0 Å². The van der Waals surface area contributed by atoms with Gasteiger partial charge < -0.3 is 5.32 Å². The Labute approximate surface area is 160 Å². The Hall–Kier alpha value is -2.90. The highest BCUT2D eigenvalue weighted by Crippen LogP contribution is 2.32. The molecule has 1 N–H and O–H groups in total. The third-order valence-corrected chi connectivity index (χ3v) is 4.50. The van der Waals surface area contributed by atoms with Gasteiger partial charge in [-0.2, -0.15) is 18.3 Å². The molecule has 148 valence electrons. The van der Waals surface area contributed by atoms with E-state index in [1.165, 1.54) is 16.8 Å². The maximum atomic E-state index is 13.1. The number of hydrogen-bond donors (Lipinski definition) is 1. The summed E-state index contributed by atoms with van der Waals surface area (Å²) in [6.07, 6.45) is 0.00139. The smallest absolute Gasteiger partial charge is 0.352 e. The van der Waals surface area contributed by atoms with Crippen molar-refractivity contribution >= 4 is 16.9 Å². The van der Waals surface area contributed by atoms with E-state index in [1.54, 1.807) is 19.3 Å². The average molecular weight is 390 g/mol. The van der Waals surface area contributed by atoms with Crippen molar-refractivity contribution in [1.82, 2.24) is 20.1 Å². The van der Waals surface area contributed by atoms with E-state index in [0.29, 0.717) is 28.8 Å². The minimum atomic E-state index is -4.45. The van der Waals surface area contributed by atoms with E-state index in [9.17, 15) is 18.0 Å². The summed E-state index contributed by atoms with van der Waals surface area (Å²) in [6, 6.07) is 6.44. The molecule has 8 heteroatoms. The predicted octanol–water partition coefficient (Wildman–Crippen LogP) is 4.57. The fourth-order valence-corrected chi connectivity index (χ4v) is 2.98. The van der Waals surface area contributed by atoms with Crippen LogP contribution in [0.4, 0.5) is 13.2 Å². The van der Waals surface area contributed by atoms with E-state index in [2.05, 4.69) is 22.3 Å². The monoisotopic (exact) mass is 390 g/mol. The number of hydrogen-bond acceptors (Lipinski definition) is 3. The van der Waals surface area contributed by atoms with Gasteiger partial charge in [-0.05, 0) is 24.6 Å². The zero-order valence-corrected chi connectivity index (χ0v) is 15.7. The van der Waals surface area contributed by atoms with E-state index in [1.807, 2.05) is 0 Å². The van der Waals surface area contributed by atoms with Gasteiger partial charge in [0.25, 0.3) is 5.91 Å². The van der Waals surface area contributed by atoms with Gasteiger partial charge in [-0.1, -0.05) is 31.9 Å². The summed E-state index contributed by atoms with van der Waals surface area (Å²) < 4.78 is 40.7. The molecule has 1 aromatic carbocycles. The number of benzene rings is 1. The maximum Gasteiger partial charge on any atom is 0.416 e. The van der Waals surface area contributed by atoms with Gasteiger partial charge in [-0.15, -0.1) is 0 Å². The highest BCUT2D eigenvalue weighted by atomic mass is 19.4. The van der Waals surface area contributed by atoms with E-state index in [0.717, 1.165) is 31.4 Å². The van der Waals surface area contributed by atoms with E-state index >= 15 is 0 Å². The van der Waals surface area contributed by atoms with Gasteiger partial charge in [0.05, 0.1) is 28.4 Å². The lowest BCUT2D eigenvalue weighted by atomic mass is 10.0. The van der Waals surface area contributed by atoms with E-state index < -0.39 is 11.7 Å². The molecule has 0 spiro atoms. The molecule has 2 aromatic heterocycles. The first-order valence-electron chi connectivity index (χ1n) is 9.10. The van der Waals surface area contributed by atoms with Crippen LogP contribution in [0.3, 0.4) is 0 Å². The summed E-state index contributed by atoms with van der Waals surface area (Å²) in [6.45, 7) is 2.61. The molecule has 0 aliphatic rings. The zero-order valence-electron chi connectivity index (χ0n) is 15.7. The highest BCUT2D eigenvalue weighted by Gasteiger charge is 2.30. The molecule has 1 amide bonds. The van der Waals surface area contributed by atoms with Crippen LogP contribution in [0.25, 0.3) is 22.3 Å². The van der Waals surface area contributed by atoms with Crippen LogP contribution in [-0.2, 0) is 13.2 Å². The summed E-state index contributed by atoms with van der Waals surface area (Å²) in [7, 11) is 1.67. The van der Waals surface area contributed by atoms with Crippen LogP contribution in [0, 0.1) is 0 Å². The molecule has 5 nitrogen and oxygen atoms in total. The topological polar surface area (TPSA) is 59.8 Å². The molecule has 0 saturated heterocycles. The molecular formula is C20H21F3N4O. The minimum Gasteiger partial charge on any atom is -0.352 e. The van der Waals surface area contributed by atoms with Crippen LogP contribution < -0.4 is 5.32 Å². The Morgan fingerprint density at radius 2 is 2.00 bits per heavy atom. The molecule has 28 heavy (non-hydrogen) atoms. The van der Waals surface area contributed by atoms with Crippen molar-refractivity contribution < 1.29 is 18.0 Å². The Morgan fingerprint density at radius 1 is 1.21 bits per heavy atom. The van der Waals surface area contributed by atoms with Crippen LogP contribution in [0.1, 0.15) is 42.1 Å². The summed E-state index contributed by atoms with van der Waals surface area (Å²) in [5.74, 6) is -0.287. The number of nitrogens with zero attached hydrogens (tertiary/aromatic N) is 3.